The van der Waals surface area contributed by atoms with Gasteiger partial charge < -0.3 is 21.1 Å². The molecular weight excluding hydrogens is 158 g/mol. The van der Waals surface area contributed by atoms with Crippen LogP contribution >= 0.6 is 0 Å². The minimum Gasteiger partial charge on any atom is -0.504 e. The molecule has 12 heavy (non-hydrogen) atoms. The molecule has 0 aliphatic carbocycles. The molecule has 4 nitrogen and oxygen atoms in total. The number of benzene rings is 1. The second-order valence-corrected chi connectivity index (χ2v) is 2.27. The molecule has 5 N–H and O–H groups in total. The summed E-state index contributed by atoms with van der Waals surface area (Å²) < 4.78 is 0. The third-order valence-electron chi connectivity index (χ3n) is 1.38. The van der Waals surface area contributed by atoms with Crippen LogP contribution in [0.2, 0.25) is 0 Å². The van der Waals surface area contributed by atoms with E-state index >= 15 is 0 Å². The highest BCUT2D eigenvalue weighted by Crippen LogP contribution is 2.35. The van der Waals surface area contributed by atoms with Crippen LogP contribution in [0.25, 0.3) is 6.08 Å². The Bertz CT molecular complexity index is 297. The molecule has 0 heterocycles. The number of nitrogens with two attached hydrogens (primary N) is 1. The van der Waals surface area contributed by atoms with Gasteiger partial charge in [-0.15, -0.1) is 0 Å². The van der Waals surface area contributed by atoms with Gasteiger partial charge in [-0.1, -0.05) is 0 Å². The molecule has 0 aromatic heterocycles. The van der Waals surface area contributed by atoms with Gasteiger partial charge in [-0.3, -0.25) is 0 Å². The molecule has 0 unspecified atom stereocenters. The molecule has 0 fully saturated rings. The molecule has 1 rings (SSSR count). The van der Waals surface area contributed by atoms with Crippen molar-refractivity contribution in [2.45, 2.75) is 0 Å². The number of hydrogen-bond acceptors (Lipinski definition) is 4. The third kappa shape index (κ3) is 1.42. The van der Waals surface area contributed by atoms with Crippen molar-refractivity contribution in [3.05, 3.63) is 23.9 Å². The minimum absolute atomic E-state index is 0.372. The molecule has 0 spiro atoms. The maximum absolute atomic E-state index is 9.02. The molecule has 0 saturated heterocycles. The number of aromatic hydroxyl groups is 3. The quantitative estimate of drug-likeness (QED) is 0.464. The van der Waals surface area contributed by atoms with Gasteiger partial charge in [0.05, 0.1) is 0 Å². The highest BCUT2D eigenvalue weighted by atomic mass is 16.3. The predicted molar refractivity (Wildman–Crippen MR) is 44.7 cm³/mol. The molecule has 0 saturated carbocycles. The van der Waals surface area contributed by atoms with Crippen molar-refractivity contribution in [3.63, 3.8) is 0 Å². The van der Waals surface area contributed by atoms with Crippen LogP contribution in [-0.2, 0) is 0 Å². The lowest BCUT2D eigenvalue weighted by atomic mass is 10.2. The molecule has 1 aromatic rings. The van der Waals surface area contributed by atoms with Crippen molar-refractivity contribution in [1.29, 1.82) is 0 Å². The zero-order valence-electron chi connectivity index (χ0n) is 6.23. The smallest absolute Gasteiger partial charge is 0.200 e. The van der Waals surface area contributed by atoms with Crippen LogP contribution in [-0.4, -0.2) is 15.3 Å². The maximum Gasteiger partial charge on any atom is 0.200 e. The summed E-state index contributed by atoms with van der Waals surface area (Å²) in [7, 11) is 0. The summed E-state index contributed by atoms with van der Waals surface area (Å²) in [6, 6.07) is 2.58. The van der Waals surface area contributed by atoms with Gasteiger partial charge in [-0.05, 0) is 30.0 Å². The van der Waals surface area contributed by atoms with Crippen LogP contribution in [0.15, 0.2) is 18.3 Å². The van der Waals surface area contributed by atoms with Crippen molar-refractivity contribution in [1.82, 2.24) is 0 Å². The van der Waals surface area contributed by atoms with Gasteiger partial charge in [0.25, 0.3) is 0 Å². The Hall–Kier alpha value is -1.84. The summed E-state index contributed by atoms with van der Waals surface area (Å²) in [6.45, 7) is 0. The first-order valence-corrected chi connectivity index (χ1v) is 3.28. The SMILES string of the molecule is N/C=C/c1cc(O)c(O)c(O)c1. The van der Waals surface area contributed by atoms with Crippen molar-refractivity contribution >= 4 is 6.08 Å². The Labute approximate surface area is 69.2 Å². The fraction of sp³-hybridized carbons (Fsp3) is 0. The Morgan fingerprint density at radius 2 is 1.58 bits per heavy atom. The van der Waals surface area contributed by atoms with Crippen molar-refractivity contribution in [2.24, 2.45) is 5.73 Å². The van der Waals surface area contributed by atoms with E-state index in [-0.39, 0.29) is 11.5 Å². The molecule has 64 valence electrons. The van der Waals surface area contributed by atoms with Crippen LogP contribution < -0.4 is 5.73 Å². The lowest BCUT2D eigenvalue weighted by Crippen LogP contribution is -1.79. The summed E-state index contributed by atoms with van der Waals surface area (Å²) in [4.78, 5) is 0. The molecule has 4 heteroatoms. The Balaban J connectivity index is 3.21. The first kappa shape index (κ1) is 8.26. The molecular formula is C8H9NO3. The number of phenols is 3. The van der Waals surface area contributed by atoms with Gasteiger partial charge in [0, 0.05) is 0 Å². The molecule has 0 atom stereocenters. The number of rotatable bonds is 1. The zero-order chi connectivity index (χ0) is 9.14. The Morgan fingerprint density at radius 3 is 2.00 bits per heavy atom. The Kier molecular flexibility index (Phi) is 2.09. The molecule has 0 aliphatic heterocycles. The molecule has 0 amide bonds. The highest BCUT2D eigenvalue weighted by molar-refractivity contribution is 5.60. The largest absolute Gasteiger partial charge is 0.504 e. The van der Waals surface area contributed by atoms with Gasteiger partial charge in [0.2, 0.25) is 0 Å². The summed E-state index contributed by atoms with van der Waals surface area (Å²) in [5.41, 5.74) is 5.61. The van der Waals surface area contributed by atoms with E-state index in [4.69, 9.17) is 21.1 Å². The fourth-order valence-electron chi connectivity index (χ4n) is 0.833. The first-order chi connectivity index (χ1) is 5.65. The summed E-state index contributed by atoms with van der Waals surface area (Å²) in [5.74, 6) is -1.27. The van der Waals surface area contributed by atoms with Crippen molar-refractivity contribution < 1.29 is 15.3 Å². The van der Waals surface area contributed by atoms with E-state index in [0.29, 0.717) is 5.56 Å². The molecule has 1 aromatic carbocycles. The van der Waals surface area contributed by atoms with E-state index in [0.717, 1.165) is 0 Å². The van der Waals surface area contributed by atoms with Gasteiger partial charge in [0.15, 0.2) is 17.2 Å². The van der Waals surface area contributed by atoms with Gasteiger partial charge >= 0.3 is 0 Å². The van der Waals surface area contributed by atoms with E-state index in [1.54, 1.807) is 0 Å². The van der Waals surface area contributed by atoms with E-state index < -0.39 is 5.75 Å². The summed E-state index contributed by atoms with van der Waals surface area (Å²) >= 11 is 0. The van der Waals surface area contributed by atoms with Crippen LogP contribution in [0, 0.1) is 0 Å². The second-order valence-electron chi connectivity index (χ2n) is 2.27. The average molecular weight is 167 g/mol. The van der Waals surface area contributed by atoms with Crippen LogP contribution in [0.5, 0.6) is 17.2 Å². The minimum atomic E-state index is -0.524. The van der Waals surface area contributed by atoms with Crippen molar-refractivity contribution in [3.8, 4) is 17.2 Å². The van der Waals surface area contributed by atoms with E-state index in [1.165, 1.54) is 24.4 Å². The second kappa shape index (κ2) is 3.04. The van der Waals surface area contributed by atoms with Crippen LogP contribution in [0.3, 0.4) is 0 Å². The first-order valence-electron chi connectivity index (χ1n) is 3.28. The fourth-order valence-corrected chi connectivity index (χ4v) is 0.833. The lowest BCUT2D eigenvalue weighted by Gasteiger charge is -2.01. The van der Waals surface area contributed by atoms with Crippen molar-refractivity contribution in [2.75, 3.05) is 0 Å². The number of phenolic OH excluding ortho intramolecular Hbond substituents is 3. The zero-order valence-corrected chi connectivity index (χ0v) is 6.23. The van der Waals surface area contributed by atoms with Crippen LogP contribution in [0.4, 0.5) is 0 Å². The van der Waals surface area contributed by atoms with Gasteiger partial charge in [-0.2, -0.15) is 0 Å². The predicted octanol–water partition coefficient (Wildman–Crippen LogP) is 0.733. The van der Waals surface area contributed by atoms with E-state index in [2.05, 4.69) is 0 Å². The normalized spacial score (nSPS) is 10.7. The van der Waals surface area contributed by atoms with Crippen LogP contribution in [0.1, 0.15) is 5.56 Å². The monoisotopic (exact) mass is 167 g/mol. The lowest BCUT2D eigenvalue weighted by molar-refractivity contribution is 0.368. The summed E-state index contributed by atoms with van der Waals surface area (Å²) in [6.07, 6.45) is 2.75. The summed E-state index contributed by atoms with van der Waals surface area (Å²) in [5, 5.41) is 27.0. The highest BCUT2D eigenvalue weighted by Gasteiger charge is 2.05. The standard InChI is InChI=1S/C8H9NO3/c9-2-1-5-3-6(10)8(12)7(11)4-5/h1-4,10-12H,9H2/b2-1+. The average Bonchev–Trinajstić information content (AvgIpc) is 2.01. The third-order valence-corrected chi connectivity index (χ3v) is 1.38. The molecule has 0 bridgehead atoms. The maximum atomic E-state index is 9.02. The van der Waals surface area contributed by atoms with E-state index in [1.807, 2.05) is 0 Å². The number of hydrogen-bond donors (Lipinski definition) is 4. The van der Waals surface area contributed by atoms with Gasteiger partial charge in [-0.25, -0.2) is 0 Å². The Morgan fingerprint density at radius 1 is 1.08 bits per heavy atom. The topological polar surface area (TPSA) is 86.7 Å². The molecule has 0 radical (unpaired) electrons. The van der Waals surface area contributed by atoms with Gasteiger partial charge in [0.1, 0.15) is 0 Å². The van der Waals surface area contributed by atoms with E-state index in [9.17, 15) is 0 Å². The molecule has 0 aliphatic rings.